The first-order valence-corrected chi connectivity index (χ1v) is 12.0. The zero-order valence-corrected chi connectivity index (χ0v) is 17.3. The minimum absolute atomic E-state index is 0.00880. The van der Waals surface area contributed by atoms with E-state index in [0.29, 0.717) is 24.5 Å². The lowest BCUT2D eigenvalue weighted by Gasteiger charge is -2.26. The molecule has 2 heterocycles. The van der Waals surface area contributed by atoms with Crippen LogP contribution in [0.5, 0.6) is 0 Å². The van der Waals surface area contributed by atoms with Gasteiger partial charge >= 0.3 is 0 Å². The molecule has 0 spiro atoms. The summed E-state index contributed by atoms with van der Waals surface area (Å²) in [6, 6.07) is 15.0. The molecule has 2 aromatic carbocycles. The number of hydrogen-bond acceptors (Lipinski definition) is 4. The Morgan fingerprint density at radius 1 is 1.07 bits per heavy atom. The first-order chi connectivity index (χ1) is 13.5. The van der Waals surface area contributed by atoms with Crippen molar-refractivity contribution in [2.24, 2.45) is 0 Å². The van der Waals surface area contributed by atoms with Gasteiger partial charge in [-0.15, -0.1) is 11.8 Å². The summed E-state index contributed by atoms with van der Waals surface area (Å²) in [5.74, 6) is -0.00880. The second kappa shape index (κ2) is 8.27. The molecule has 1 unspecified atom stereocenters. The smallest absolute Gasteiger partial charge is 0.243 e. The molecule has 7 heteroatoms. The van der Waals surface area contributed by atoms with Gasteiger partial charge in [-0.1, -0.05) is 36.8 Å². The lowest BCUT2D eigenvalue weighted by Crippen LogP contribution is -2.35. The Hall–Kier alpha value is -1.83. The van der Waals surface area contributed by atoms with Crippen LogP contribution in [0, 0.1) is 0 Å². The largest absolute Gasteiger partial charge is 0.351 e. The number of rotatable bonds is 5. The Morgan fingerprint density at radius 2 is 1.86 bits per heavy atom. The van der Waals surface area contributed by atoms with Crippen molar-refractivity contribution in [3.05, 3.63) is 59.7 Å². The quantitative estimate of drug-likeness (QED) is 0.813. The van der Waals surface area contributed by atoms with E-state index in [4.69, 9.17) is 0 Å². The number of thioether (sulfide) groups is 1. The zero-order chi connectivity index (χ0) is 19.6. The van der Waals surface area contributed by atoms with Crippen LogP contribution in [-0.4, -0.2) is 37.0 Å². The molecule has 4 rings (SSSR count). The maximum absolute atomic E-state index is 12.8. The summed E-state index contributed by atoms with van der Waals surface area (Å²) in [5, 5.41) is 2.84. The molecule has 2 aliphatic rings. The van der Waals surface area contributed by atoms with Crippen LogP contribution >= 0.6 is 11.8 Å². The SMILES string of the molecule is O=C(NCc1cccc(S(=O)(=O)N2CCCCC2)c1)C1Cc2ccccc2S1. The molecule has 1 N–H and O–H groups in total. The average Bonchev–Trinajstić information content (AvgIpc) is 3.17. The van der Waals surface area contributed by atoms with Crippen molar-refractivity contribution in [2.75, 3.05) is 13.1 Å². The van der Waals surface area contributed by atoms with Crippen LogP contribution in [0.2, 0.25) is 0 Å². The minimum atomic E-state index is -3.46. The van der Waals surface area contributed by atoms with Crippen molar-refractivity contribution in [1.82, 2.24) is 9.62 Å². The normalized spacial score (nSPS) is 19.9. The summed E-state index contributed by atoms with van der Waals surface area (Å²) in [4.78, 5) is 14.0. The number of piperidine rings is 1. The Kier molecular flexibility index (Phi) is 5.75. The summed E-state index contributed by atoms with van der Waals surface area (Å²) in [5.41, 5.74) is 2.01. The fourth-order valence-corrected chi connectivity index (χ4v) is 6.51. The monoisotopic (exact) mass is 416 g/mol. The Morgan fingerprint density at radius 3 is 2.64 bits per heavy atom. The summed E-state index contributed by atoms with van der Waals surface area (Å²) < 4.78 is 27.3. The highest BCUT2D eigenvalue weighted by atomic mass is 32.2. The number of sulfonamides is 1. The van der Waals surface area contributed by atoms with E-state index in [1.165, 1.54) is 5.56 Å². The lowest BCUT2D eigenvalue weighted by atomic mass is 10.1. The topological polar surface area (TPSA) is 66.5 Å². The van der Waals surface area contributed by atoms with E-state index in [-0.39, 0.29) is 11.2 Å². The third-order valence-corrected chi connectivity index (χ3v) is 8.47. The Balaban J connectivity index is 1.39. The number of amides is 1. The number of carbonyl (C=O) groups is 1. The number of benzene rings is 2. The number of nitrogens with zero attached hydrogens (tertiary/aromatic N) is 1. The predicted molar refractivity (Wildman–Crippen MR) is 111 cm³/mol. The van der Waals surface area contributed by atoms with E-state index in [1.54, 1.807) is 34.3 Å². The molecular formula is C21H24N2O3S2. The van der Waals surface area contributed by atoms with Gasteiger partial charge in [-0.25, -0.2) is 8.42 Å². The molecule has 0 saturated carbocycles. The maximum atomic E-state index is 12.8. The van der Waals surface area contributed by atoms with Crippen molar-refractivity contribution < 1.29 is 13.2 Å². The van der Waals surface area contributed by atoms with E-state index in [0.717, 1.165) is 36.1 Å². The van der Waals surface area contributed by atoms with Crippen LogP contribution in [0.1, 0.15) is 30.4 Å². The molecule has 0 aromatic heterocycles. The predicted octanol–water partition coefficient (Wildman–Crippen LogP) is 3.19. The second-order valence-electron chi connectivity index (χ2n) is 7.25. The third kappa shape index (κ3) is 4.11. The van der Waals surface area contributed by atoms with Crippen molar-refractivity contribution in [3.8, 4) is 0 Å². The van der Waals surface area contributed by atoms with Crippen LogP contribution in [0.25, 0.3) is 0 Å². The molecule has 2 aromatic rings. The van der Waals surface area contributed by atoms with Crippen molar-refractivity contribution in [2.45, 2.75) is 47.3 Å². The summed E-state index contributed by atoms with van der Waals surface area (Å²) in [7, 11) is -3.46. The molecule has 0 bridgehead atoms. The highest BCUT2D eigenvalue weighted by molar-refractivity contribution is 8.01. The highest BCUT2D eigenvalue weighted by Crippen LogP contribution is 2.36. The number of fused-ring (bicyclic) bond motifs is 1. The van der Waals surface area contributed by atoms with E-state index >= 15 is 0 Å². The molecular weight excluding hydrogens is 392 g/mol. The number of hydrogen-bond donors (Lipinski definition) is 1. The van der Waals surface area contributed by atoms with E-state index in [1.807, 2.05) is 24.3 Å². The van der Waals surface area contributed by atoms with Gasteiger partial charge in [0.2, 0.25) is 15.9 Å². The van der Waals surface area contributed by atoms with Crippen LogP contribution < -0.4 is 5.32 Å². The third-order valence-electron chi connectivity index (χ3n) is 5.26. The van der Waals surface area contributed by atoms with Crippen LogP contribution in [0.4, 0.5) is 0 Å². The summed E-state index contributed by atoms with van der Waals surface area (Å²) in [6.45, 7) is 1.50. The number of carbonyl (C=O) groups excluding carboxylic acids is 1. The molecule has 1 saturated heterocycles. The molecule has 1 atom stereocenters. The fourth-order valence-electron chi connectivity index (χ4n) is 3.70. The van der Waals surface area contributed by atoms with E-state index < -0.39 is 10.0 Å². The van der Waals surface area contributed by atoms with E-state index in [2.05, 4.69) is 11.4 Å². The van der Waals surface area contributed by atoms with Gasteiger partial charge in [0.25, 0.3) is 0 Å². The fraction of sp³-hybridized carbons (Fsp3) is 0.381. The van der Waals surface area contributed by atoms with Crippen LogP contribution in [0.3, 0.4) is 0 Å². The molecule has 148 valence electrons. The second-order valence-corrected chi connectivity index (χ2v) is 10.4. The van der Waals surface area contributed by atoms with Gasteiger partial charge in [0.1, 0.15) is 0 Å². The zero-order valence-electron chi connectivity index (χ0n) is 15.6. The van der Waals surface area contributed by atoms with Gasteiger partial charge in [0.05, 0.1) is 10.1 Å². The van der Waals surface area contributed by atoms with Crippen molar-refractivity contribution in [1.29, 1.82) is 0 Å². The molecule has 0 aliphatic carbocycles. The van der Waals surface area contributed by atoms with Gasteiger partial charge in [0.15, 0.2) is 0 Å². The van der Waals surface area contributed by atoms with Gasteiger partial charge in [-0.2, -0.15) is 4.31 Å². The van der Waals surface area contributed by atoms with Crippen molar-refractivity contribution in [3.63, 3.8) is 0 Å². The van der Waals surface area contributed by atoms with E-state index in [9.17, 15) is 13.2 Å². The standard InChI is InChI=1S/C21H24N2O3S2/c24-21(20-14-17-8-2-3-10-19(17)27-20)22-15-16-7-6-9-18(13-16)28(25,26)23-11-4-1-5-12-23/h2-3,6-10,13,20H,1,4-5,11-12,14-15H2,(H,22,24). The maximum Gasteiger partial charge on any atom is 0.243 e. The molecule has 0 radical (unpaired) electrons. The van der Waals surface area contributed by atoms with Gasteiger partial charge in [0, 0.05) is 24.5 Å². The Labute approximate surface area is 170 Å². The molecule has 5 nitrogen and oxygen atoms in total. The van der Waals surface area contributed by atoms with Gasteiger partial charge in [-0.05, 0) is 48.6 Å². The lowest BCUT2D eigenvalue weighted by molar-refractivity contribution is -0.120. The first-order valence-electron chi connectivity index (χ1n) is 9.65. The van der Waals surface area contributed by atoms with Gasteiger partial charge < -0.3 is 5.32 Å². The van der Waals surface area contributed by atoms with Crippen LogP contribution in [-0.2, 0) is 27.8 Å². The van der Waals surface area contributed by atoms with Crippen LogP contribution in [0.15, 0.2) is 58.3 Å². The molecule has 28 heavy (non-hydrogen) atoms. The molecule has 2 aliphatic heterocycles. The Bertz CT molecular complexity index is 944. The molecule has 1 fully saturated rings. The summed E-state index contributed by atoms with van der Waals surface area (Å²) in [6.07, 6.45) is 3.64. The first kappa shape index (κ1) is 19.5. The summed E-state index contributed by atoms with van der Waals surface area (Å²) >= 11 is 1.59. The highest BCUT2D eigenvalue weighted by Gasteiger charge is 2.28. The minimum Gasteiger partial charge on any atom is -0.351 e. The van der Waals surface area contributed by atoms with Crippen molar-refractivity contribution >= 4 is 27.7 Å². The number of nitrogens with one attached hydrogen (secondary N) is 1. The van der Waals surface area contributed by atoms with Gasteiger partial charge in [-0.3, -0.25) is 4.79 Å². The average molecular weight is 417 g/mol. The molecule has 1 amide bonds.